The van der Waals surface area contributed by atoms with E-state index in [1.54, 1.807) is 0 Å². The number of carbonyl (C=O) groups is 1. The lowest BCUT2D eigenvalue weighted by Crippen LogP contribution is -2.48. The second kappa shape index (κ2) is 5.83. The number of nitrogens with zero attached hydrogens (tertiary/aromatic N) is 2. The van der Waals surface area contributed by atoms with Crippen LogP contribution in [0.2, 0.25) is 0 Å². The predicted octanol–water partition coefficient (Wildman–Crippen LogP) is 0.702. The molecule has 0 radical (unpaired) electrons. The van der Waals surface area contributed by atoms with Crippen molar-refractivity contribution in [3.05, 3.63) is 0 Å². The molecule has 2 heterocycles. The quantitative estimate of drug-likeness (QED) is 0.773. The number of hydrogen-bond donors (Lipinski definition) is 1. The Balaban J connectivity index is 1.78. The summed E-state index contributed by atoms with van der Waals surface area (Å²) < 4.78 is 0. The largest absolute Gasteiger partial charge is 0.393 e. The molecule has 0 spiro atoms. The van der Waals surface area contributed by atoms with E-state index >= 15 is 0 Å². The zero-order chi connectivity index (χ0) is 12.3. The van der Waals surface area contributed by atoms with E-state index in [9.17, 15) is 9.90 Å². The molecule has 0 aliphatic carbocycles. The van der Waals surface area contributed by atoms with Gasteiger partial charge in [0.25, 0.3) is 0 Å². The summed E-state index contributed by atoms with van der Waals surface area (Å²) >= 11 is 0. The minimum atomic E-state index is -0.184. The topological polar surface area (TPSA) is 43.8 Å². The Morgan fingerprint density at radius 3 is 2.59 bits per heavy atom. The third kappa shape index (κ3) is 3.42. The van der Waals surface area contributed by atoms with Gasteiger partial charge in [0, 0.05) is 26.2 Å². The highest BCUT2D eigenvalue weighted by Gasteiger charge is 2.26. The molecule has 1 N–H and O–H groups in total. The predicted molar refractivity (Wildman–Crippen MR) is 66.7 cm³/mol. The van der Waals surface area contributed by atoms with Gasteiger partial charge >= 0.3 is 0 Å². The van der Waals surface area contributed by atoms with Crippen LogP contribution in [0.25, 0.3) is 0 Å². The first-order valence-corrected chi connectivity index (χ1v) is 6.85. The molecule has 2 unspecified atom stereocenters. The summed E-state index contributed by atoms with van der Waals surface area (Å²) in [6, 6.07) is 0. The minimum Gasteiger partial charge on any atom is -0.393 e. The lowest BCUT2D eigenvalue weighted by molar-refractivity contribution is -0.134. The van der Waals surface area contributed by atoms with Crippen molar-refractivity contribution in [2.75, 3.05) is 32.7 Å². The number of amides is 1. The Hall–Kier alpha value is -0.610. The average Bonchev–Trinajstić information content (AvgIpc) is 2.35. The van der Waals surface area contributed by atoms with Crippen LogP contribution in [-0.2, 0) is 4.79 Å². The molecular formula is C13H24N2O2. The first-order chi connectivity index (χ1) is 8.16. The van der Waals surface area contributed by atoms with Crippen LogP contribution in [0.3, 0.4) is 0 Å². The van der Waals surface area contributed by atoms with E-state index < -0.39 is 0 Å². The summed E-state index contributed by atoms with van der Waals surface area (Å²) in [5.41, 5.74) is 0. The van der Waals surface area contributed by atoms with E-state index in [2.05, 4.69) is 11.8 Å². The van der Waals surface area contributed by atoms with Crippen molar-refractivity contribution >= 4 is 5.91 Å². The van der Waals surface area contributed by atoms with Gasteiger partial charge in [-0.15, -0.1) is 0 Å². The van der Waals surface area contributed by atoms with Crippen molar-refractivity contribution in [2.24, 2.45) is 5.92 Å². The maximum absolute atomic E-state index is 12.1. The molecule has 0 aromatic heterocycles. The number of likely N-dealkylation sites (tertiary alicyclic amines) is 2. The molecule has 2 saturated heterocycles. The molecule has 1 amide bonds. The summed E-state index contributed by atoms with van der Waals surface area (Å²) in [6.45, 7) is 6.17. The van der Waals surface area contributed by atoms with Crippen molar-refractivity contribution in [3.63, 3.8) is 0 Å². The summed E-state index contributed by atoms with van der Waals surface area (Å²) in [5, 5.41) is 9.66. The van der Waals surface area contributed by atoms with Crippen LogP contribution in [0.5, 0.6) is 0 Å². The molecule has 4 heteroatoms. The molecule has 2 rings (SSSR count). The number of hydrogen-bond acceptors (Lipinski definition) is 3. The Labute approximate surface area is 104 Å². The Kier molecular flexibility index (Phi) is 4.40. The van der Waals surface area contributed by atoms with Crippen molar-refractivity contribution in [1.29, 1.82) is 0 Å². The van der Waals surface area contributed by atoms with E-state index in [4.69, 9.17) is 0 Å². The second-order valence-electron chi connectivity index (χ2n) is 5.51. The maximum Gasteiger partial charge on any atom is 0.236 e. The first-order valence-electron chi connectivity index (χ1n) is 6.85. The van der Waals surface area contributed by atoms with Gasteiger partial charge in [-0.1, -0.05) is 6.92 Å². The standard InChI is InChI=1S/C13H24N2O2/c1-11-9-14(8-5-12(11)16)10-13(17)15-6-3-2-4-7-15/h11-12,16H,2-10H2,1H3. The number of carbonyl (C=O) groups excluding carboxylic acids is 1. The van der Waals surface area contributed by atoms with Crippen LogP contribution in [-0.4, -0.2) is 59.6 Å². The molecule has 4 nitrogen and oxygen atoms in total. The van der Waals surface area contributed by atoms with Gasteiger partial charge in [0.05, 0.1) is 12.6 Å². The third-order valence-electron chi connectivity index (χ3n) is 4.01. The Bertz CT molecular complexity index is 264. The fourth-order valence-electron chi connectivity index (χ4n) is 2.80. The van der Waals surface area contributed by atoms with Crippen molar-refractivity contribution in [2.45, 2.75) is 38.7 Å². The maximum atomic E-state index is 12.1. The van der Waals surface area contributed by atoms with E-state index in [-0.39, 0.29) is 17.9 Å². The fraction of sp³-hybridized carbons (Fsp3) is 0.923. The third-order valence-corrected chi connectivity index (χ3v) is 4.01. The number of rotatable bonds is 2. The van der Waals surface area contributed by atoms with Gasteiger partial charge in [-0.2, -0.15) is 0 Å². The molecule has 0 bridgehead atoms. The highest BCUT2D eigenvalue weighted by molar-refractivity contribution is 5.78. The Morgan fingerprint density at radius 2 is 1.94 bits per heavy atom. The normalized spacial score (nSPS) is 31.5. The van der Waals surface area contributed by atoms with Crippen LogP contribution in [0.4, 0.5) is 0 Å². The van der Waals surface area contributed by atoms with Gasteiger partial charge in [0.1, 0.15) is 0 Å². The Morgan fingerprint density at radius 1 is 1.24 bits per heavy atom. The van der Waals surface area contributed by atoms with E-state index in [0.717, 1.165) is 45.4 Å². The van der Waals surface area contributed by atoms with Gasteiger partial charge in [0.15, 0.2) is 0 Å². The molecule has 0 aromatic rings. The zero-order valence-corrected chi connectivity index (χ0v) is 10.8. The van der Waals surface area contributed by atoms with Gasteiger partial charge in [-0.25, -0.2) is 0 Å². The molecule has 0 aromatic carbocycles. The molecule has 2 aliphatic heterocycles. The van der Waals surface area contributed by atoms with Gasteiger partial charge in [0.2, 0.25) is 5.91 Å². The monoisotopic (exact) mass is 240 g/mol. The van der Waals surface area contributed by atoms with E-state index in [0.29, 0.717) is 6.54 Å². The summed E-state index contributed by atoms with van der Waals surface area (Å²) in [7, 11) is 0. The fourth-order valence-corrected chi connectivity index (χ4v) is 2.80. The van der Waals surface area contributed by atoms with Gasteiger partial charge < -0.3 is 10.0 Å². The van der Waals surface area contributed by atoms with Crippen LogP contribution < -0.4 is 0 Å². The van der Waals surface area contributed by atoms with Gasteiger partial charge in [-0.3, -0.25) is 9.69 Å². The van der Waals surface area contributed by atoms with Crippen molar-refractivity contribution in [1.82, 2.24) is 9.80 Å². The molecule has 17 heavy (non-hydrogen) atoms. The van der Waals surface area contributed by atoms with Crippen LogP contribution >= 0.6 is 0 Å². The highest BCUT2D eigenvalue weighted by atomic mass is 16.3. The van der Waals surface area contributed by atoms with E-state index in [1.807, 2.05) is 4.90 Å². The summed E-state index contributed by atoms with van der Waals surface area (Å²) in [4.78, 5) is 16.3. The molecule has 98 valence electrons. The average molecular weight is 240 g/mol. The van der Waals surface area contributed by atoms with Gasteiger partial charge in [-0.05, 0) is 31.6 Å². The highest BCUT2D eigenvalue weighted by Crippen LogP contribution is 2.17. The second-order valence-corrected chi connectivity index (χ2v) is 5.51. The lowest BCUT2D eigenvalue weighted by atomic mass is 9.97. The lowest BCUT2D eigenvalue weighted by Gasteiger charge is -2.35. The molecule has 2 atom stereocenters. The molecular weight excluding hydrogens is 216 g/mol. The van der Waals surface area contributed by atoms with Crippen LogP contribution in [0.15, 0.2) is 0 Å². The number of piperidine rings is 2. The molecule has 2 fully saturated rings. The first kappa shape index (κ1) is 12.8. The SMILES string of the molecule is CC1CN(CC(=O)N2CCCCC2)CCC1O. The van der Waals surface area contributed by atoms with Crippen molar-refractivity contribution in [3.8, 4) is 0 Å². The number of aliphatic hydroxyl groups excluding tert-OH is 1. The zero-order valence-electron chi connectivity index (χ0n) is 10.8. The minimum absolute atomic E-state index is 0.184. The molecule has 0 saturated carbocycles. The number of aliphatic hydroxyl groups is 1. The summed E-state index contributed by atoms with van der Waals surface area (Å²) in [6.07, 6.45) is 4.18. The molecule has 2 aliphatic rings. The van der Waals surface area contributed by atoms with Crippen molar-refractivity contribution < 1.29 is 9.90 Å². The smallest absolute Gasteiger partial charge is 0.236 e. The van der Waals surface area contributed by atoms with E-state index in [1.165, 1.54) is 6.42 Å². The van der Waals surface area contributed by atoms with Crippen LogP contribution in [0.1, 0.15) is 32.6 Å². The van der Waals surface area contributed by atoms with Crippen LogP contribution in [0, 0.1) is 5.92 Å². The summed E-state index contributed by atoms with van der Waals surface area (Å²) in [5.74, 6) is 0.561.